The number of nitrogens with one attached hydrogen (secondary N) is 3. The van der Waals surface area contributed by atoms with Crippen LogP contribution >= 0.6 is 0 Å². The molecule has 4 aromatic carbocycles. The van der Waals surface area contributed by atoms with E-state index in [4.69, 9.17) is 0 Å². The molecule has 0 atom stereocenters. The van der Waals surface area contributed by atoms with Gasteiger partial charge in [-0.1, -0.05) is 30.3 Å². The van der Waals surface area contributed by atoms with Gasteiger partial charge < -0.3 is 5.32 Å². The number of para-hydroxylation sites is 1. The number of anilines is 3. The minimum Gasteiger partial charge on any atom is -0.321 e. The van der Waals surface area contributed by atoms with Gasteiger partial charge in [0.2, 0.25) is 0 Å². The van der Waals surface area contributed by atoms with Crippen LogP contribution in [-0.4, -0.2) is 22.7 Å². The van der Waals surface area contributed by atoms with Crippen molar-refractivity contribution in [2.45, 2.75) is 9.79 Å². The summed E-state index contributed by atoms with van der Waals surface area (Å²) in [5.74, 6) is -0.279. The molecule has 4 aromatic rings. The van der Waals surface area contributed by atoms with E-state index >= 15 is 0 Å². The van der Waals surface area contributed by atoms with Gasteiger partial charge in [0, 0.05) is 33.4 Å². The monoisotopic (exact) mass is 479 g/mol. The number of sulfonamides is 2. The van der Waals surface area contributed by atoms with Crippen LogP contribution in [0.2, 0.25) is 0 Å². The number of carbonyl (C=O) groups excluding carboxylic acids is 1. The first-order valence-corrected chi connectivity index (χ1v) is 12.8. The van der Waals surface area contributed by atoms with Gasteiger partial charge in [0.05, 0.1) is 9.79 Å². The maximum atomic E-state index is 13.1. The van der Waals surface area contributed by atoms with Crippen molar-refractivity contribution in [3.63, 3.8) is 0 Å². The van der Waals surface area contributed by atoms with Gasteiger partial charge in [0.25, 0.3) is 26.0 Å². The summed E-state index contributed by atoms with van der Waals surface area (Å²) >= 11 is 0. The molecule has 0 spiro atoms. The maximum absolute atomic E-state index is 13.1. The molecule has 0 fully saturated rings. The molecule has 0 aliphatic carbocycles. The predicted octanol–water partition coefficient (Wildman–Crippen LogP) is 4.01. The highest BCUT2D eigenvalue weighted by Gasteiger charge is 2.26. The van der Waals surface area contributed by atoms with Crippen molar-refractivity contribution in [1.82, 2.24) is 0 Å². The van der Waals surface area contributed by atoms with Crippen LogP contribution in [0.4, 0.5) is 17.1 Å². The quantitative estimate of drug-likeness (QED) is 0.386. The molecule has 0 bridgehead atoms. The van der Waals surface area contributed by atoms with Crippen LogP contribution in [0.25, 0.3) is 10.8 Å². The number of benzene rings is 4. The third kappa shape index (κ3) is 3.79. The molecule has 0 saturated carbocycles. The summed E-state index contributed by atoms with van der Waals surface area (Å²) in [7, 11) is -7.84. The lowest BCUT2D eigenvalue weighted by atomic mass is 10.1. The van der Waals surface area contributed by atoms with Crippen LogP contribution in [0, 0.1) is 0 Å². The second-order valence-corrected chi connectivity index (χ2v) is 10.7. The van der Waals surface area contributed by atoms with E-state index in [1.165, 1.54) is 30.3 Å². The van der Waals surface area contributed by atoms with Gasteiger partial charge in [0.15, 0.2) is 0 Å². The summed E-state index contributed by atoms with van der Waals surface area (Å²) in [6.07, 6.45) is 0. The molecular weight excluding hydrogens is 462 g/mol. The number of hydrogen-bond donors (Lipinski definition) is 3. The van der Waals surface area contributed by atoms with Gasteiger partial charge in [-0.2, -0.15) is 0 Å². The minimum absolute atomic E-state index is 0.00998. The standard InChI is InChI=1S/C23H17N3O5S2/c27-23-19-8-4-7-18-21(14-13-20(24-23)22(18)19)33(30,31)26-16-9-11-17(12-10-16)32(28,29)25-15-5-2-1-3-6-15/h1-14,25-26H,(H,24,27). The van der Waals surface area contributed by atoms with E-state index in [-0.39, 0.29) is 21.4 Å². The number of hydrogen-bond acceptors (Lipinski definition) is 5. The molecule has 0 aromatic heterocycles. The Kier molecular flexibility index (Phi) is 4.84. The normalized spacial score (nSPS) is 13.0. The van der Waals surface area contributed by atoms with Gasteiger partial charge in [-0.05, 0) is 54.6 Å². The zero-order valence-corrected chi connectivity index (χ0v) is 18.6. The predicted molar refractivity (Wildman–Crippen MR) is 126 cm³/mol. The smallest absolute Gasteiger partial charge is 0.262 e. The lowest BCUT2D eigenvalue weighted by molar-refractivity contribution is 0.103. The molecule has 10 heteroatoms. The highest BCUT2D eigenvalue weighted by molar-refractivity contribution is 7.93. The van der Waals surface area contributed by atoms with Gasteiger partial charge >= 0.3 is 0 Å². The summed E-state index contributed by atoms with van der Waals surface area (Å²) in [6, 6.07) is 21.7. The summed E-state index contributed by atoms with van der Waals surface area (Å²) in [6.45, 7) is 0. The fraction of sp³-hybridized carbons (Fsp3) is 0. The molecule has 1 aliphatic heterocycles. The molecule has 0 unspecified atom stereocenters. The third-order valence-electron chi connectivity index (χ3n) is 5.23. The summed E-state index contributed by atoms with van der Waals surface area (Å²) < 4.78 is 56.3. The molecule has 33 heavy (non-hydrogen) atoms. The Balaban J connectivity index is 1.43. The fourth-order valence-electron chi connectivity index (χ4n) is 3.73. The molecule has 8 nitrogen and oxygen atoms in total. The number of rotatable bonds is 6. The van der Waals surface area contributed by atoms with Crippen LogP contribution in [0.3, 0.4) is 0 Å². The molecule has 3 N–H and O–H groups in total. The Bertz CT molecular complexity index is 1620. The van der Waals surface area contributed by atoms with Crippen molar-refractivity contribution >= 4 is 53.8 Å². The first kappa shape index (κ1) is 21.0. The van der Waals surface area contributed by atoms with Crippen molar-refractivity contribution < 1.29 is 21.6 Å². The average molecular weight is 480 g/mol. The lowest BCUT2D eigenvalue weighted by Gasteiger charge is -2.12. The first-order chi connectivity index (χ1) is 15.7. The fourth-order valence-corrected chi connectivity index (χ4v) is 6.05. The maximum Gasteiger partial charge on any atom is 0.262 e. The highest BCUT2D eigenvalue weighted by Crippen LogP contribution is 2.37. The molecule has 1 aliphatic rings. The Morgan fingerprint density at radius 2 is 1.30 bits per heavy atom. The molecule has 1 heterocycles. The SMILES string of the molecule is O=C1Nc2ccc(S(=O)(=O)Nc3ccc(S(=O)(=O)Nc4ccccc4)cc3)c3cccc1c23. The van der Waals surface area contributed by atoms with Crippen LogP contribution in [0.5, 0.6) is 0 Å². The van der Waals surface area contributed by atoms with Crippen molar-refractivity contribution in [3.05, 3.63) is 90.5 Å². The number of carbonyl (C=O) groups is 1. The van der Waals surface area contributed by atoms with E-state index in [1.54, 1.807) is 54.6 Å². The van der Waals surface area contributed by atoms with E-state index < -0.39 is 20.0 Å². The molecule has 5 rings (SSSR count). The van der Waals surface area contributed by atoms with Crippen LogP contribution in [0.1, 0.15) is 10.4 Å². The van der Waals surface area contributed by atoms with Crippen LogP contribution in [0.15, 0.2) is 94.7 Å². The van der Waals surface area contributed by atoms with Crippen molar-refractivity contribution in [1.29, 1.82) is 0 Å². The largest absolute Gasteiger partial charge is 0.321 e. The van der Waals surface area contributed by atoms with Gasteiger partial charge in [-0.15, -0.1) is 0 Å². The second-order valence-electron chi connectivity index (χ2n) is 7.39. The Hall–Kier alpha value is -3.89. The van der Waals surface area contributed by atoms with E-state index in [9.17, 15) is 21.6 Å². The van der Waals surface area contributed by atoms with Gasteiger partial charge in [-0.25, -0.2) is 16.8 Å². The summed E-state index contributed by atoms with van der Waals surface area (Å²) in [5, 5.41) is 3.69. The van der Waals surface area contributed by atoms with E-state index in [0.29, 0.717) is 27.7 Å². The molecule has 166 valence electrons. The molecular formula is C23H17N3O5S2. The molecule has 0 radical (unpaired) electrons. The van der Waals surface area contributed by atoms with Crippen molar-refractivity contribution in [2.24, 2.45) is 0 Å². The van der Waals surface area contributed by atoms with Crippen LogP contribution < -0.4 is 14.8 Å². The van der Waals surface area contributed by atoms with E-state index in [1.807, 2.05) is 0 Å². The Labute approximate surface area is 190 Å². The topological polar surface area (TPSA) is 121 Å². The van der Waals surface area contributed by atoms with Gasteiger partial charge in [-0.3, -0.25) is 14.2 Å². The zero-order valence-electron chi connectivity index (χ0n) is 16.9. The lowest BCUT2D eigenvalue weighted by Crippen LogP contribution is -2.15. The number of amides is 1. The Morgan fingerprint density at radius 1 is 0.636 bits per heavy atom. The average Bonchev–Trinajstić information content (AvgIpc) is 3.11. The third-order valence-corrected chi connectivity index (χ3v) is 8.06. The van der Waals surface area contributed by atoms with Gasteiger partial charge in [0.1, 0.15) is 0 Å². The molecule has 0 saturated heterocycles. The molecule has 1 amide bonds. The highest BCUT2D eigenvalue weighted by atomic mass is 32.2. The van der Waals surface area contributed by atoms with Crippen molar-refractivity contribution in [3.8, 4) is 0 Å². The summed E-state index contributed by atoms with van der Waals surface area (Å²) in [4.78, 5) is 12.1. The Morgan fingerprint density at radius 3 is 2.03 bits per heavy atom. The van der Waals surface area contributed by atoms with Crippen LogP contribution in [-0.2, 0) is 20.0 Å². The zero-order chi connectivity index (χ0) is 23.2. The van der Waals surface area contributed by atoms with Crippen molar-refractivity contribution in [2.75, 3.05) is 14.8 Å². The summed E-state index contributed by atoms with van der Waals surface area (Å²) in [5.41, 5.74) is 1.60. The van der Waals surface area contributed by atoms with E-state index in [0.717, 1.165) is 0 Å². The minimum atomic E-state index is -4.01. The first-order valence-electron chi connectivity index (χ1n) is 9.82. The van der Waals surface area contributed by atoms with E-state index in [2.05, 4.69) is 14.8 Å². The second kappa shape index (κ2) is 7.61.